The number of aromatic nitrogens is 1. The molecule has 0 spiro atoms. The van der Waals surface area contributed by atoms with Gasteiger partial charge in [0.05, 0.1) is 0 Å². The van der Waals surface area contributed by atoms with Gasteiger partial charge in [-0.05, 0) is 50.0 Å². The molecule has 2 aliphatic rings. The van der Waals surface area contributed by atoms with E-state index in [1.165, 1.54) is 44.5 Å². The van der Waals surface area contributed by atoms with Crippen LogP contribution in [0, 0.1) is 0 Å². The number of hydrogen-bond donors (Lipinski definition) is 1. The first-order chi connectivity index (χ1) is 10.4. The molecule has 0 amide bonds. The molecule has 0 aliphatic carbocycles. The fraction of sp³-hybridized carbons (Fsp3) is 0.706. The van der Waals surface area contributed by atoms with Crippen molar-refractivity contribution in [1.82, 2.24) is 20.1 Å². The zero-order chi connectivity index (χ0) is 14.5. The van der Waals surface area contributed by atoms with Crippen LogP contribution in [0.25, 0.3) is 0 Å². The lowest BCUT2D eigenvalue weighted by atomic mass is 10.0. The van der Waals surface area contributed by atoms with Crippen LogP contribution in [0.4, 0.5) is 0 Å². The van der Waals surface area contributed by atoms with Crippen molar-refractivity contribution in [2.75, 3.05) is 39.3 Å². The lowest BCUT2D eigenvalue weighted by Gasteiger charge is -2.40. The van der Waals surface area contributed by atoms with Gasteiger partial charge >= 0.3 is 0 Å². The van der Waals surface area contributed by atoms with E-state index in [1.54, 1.807) is 0 Å². The minimum atomic E-state index is 0.516. The summed E-state index contributed by atoms with van der Waals surface area (Å²) in [5, 5.41) is 3.63. The molecule has 0 bridgehead atoms. The zero-order valence-electron chi connectivity index (χ0n) is 13.2. The van der Waals surface area contributed by atoms with Crippen LogP contribution in [0.1, 0.15) is 37.8 Å². The lowest BCUT2D eigenvalue weighted by Crippen LogP contribution is -2.52. The maximum atomic E-state index is 4.19. The Kier molecular flexibility index (Phi) is 5.22. The highest BCUT2D eigenvalue weighted by Gasteiger charge is 2.28. The van der Waals surface area contributed by atoms with Crippen LogP contribution in [0.15, 0.2) is 24.5 Å². The Morgan fingerprint density at radius 3 is 2.71 bits per heavy atom. The van der Waals surface area contributed by atoms with Gasteiger partial charge in [-0.1, -0.05) is 6.92 Å². The topological polar surface area (TPSA) is 31.4 Å². The molecule has 2 saturated heterocycles. The predicted molar refractivity (Wildman–Crippen MR) is 86.3 cm³/mol. The SMILES string of the molecule is CCC1CN(C(CN2CCCC2)c2ccncc2)CCN1. The number of pyridine rings is 1. The molecule has 0 aromatic carbocycles. The van der Waals surface area contributed by atoms with Crippen LogP contribution in [0.2, 0.25) is 0 Å². The largest absolute Gasteiger partial charge is 0.311 e. The number of rotatable bonds is 5. The Morgan fingerprint density at radius 2 is 2.00 bits per heavy atom. The van der Waals surface area contributed by atoms with Crippen molar-refractivity contribution in [2.24, 2.45) is 0 Å². The van der Waals surface area contributed by atoms with Gasteiger partial charge in [0.2, 0.25) is 0 Å². The first kappa shape index (κ1) is 14.9. The van der Waals surface area contributed by atoms with E-state index in [9.17, 15) is 0 Å². The first-order valence-electron chi connectivity index (χ1n) is 8.46. The second kappa shape index (κ2) is 7.34. The van der Waals surface area contributed by atoms with Crippen molar-refractivity contribution in [2.45, 2.75) is 38.3 Å². The normalized spacial score (nSPS) is 26.0. The molecule has 1 N–H and O–H groups in total. The highest BCUT2D eigenvalue weighted by Crippen LogP contribution is 2.25. The van der Waals surface area contributed by atoms with Crippen LogP contribution >= 0.6 is 0 Å². The van der Waals surface area contributed by atoms with Gasteiger partial charge in [-0.3, -0.25) is 9.88 Å². The van der Waals surface area contributed by atoms with Gasteiger partial charge in [0, 0.05) is 50.7 Å². The molecule has 2 fully saturated rings. The number of nitrogens with zero attached hydrogens (tertiary/aromatic N) is 3. The molecule has 1 aromatic rings. The van der Waals surface area contributed by atoms with Gasteiger partial charge in [-0.25, -0.2) is 0 Å². The summed E-state index contributed by atoms with van der Waals surface area (Å²) in [5.74, 6) is 0. The zero-order valence-corrected chi connectivity index (χ0v) is 13.2. The van der Waals surface area contributed by atoms with E-state index in [0.717, 1.165) is 19.6 Å². The molecule has 0 saturated carbocycles. The number of piperazine rings is 1. The van der Waals surface area contributed by atoms with Gasteiger partial charge in [0.15, 0.2) is 0 Å². The van der Waals surface area contributed by atoms with E-state index in [-0.39, 0.29) is 0 Å². The van der Waals surface area contributed by atoms with Gasteiger partial charge in [0.1, 0.15) is 0 Å². The molecule has 2 atom stereocenters. The van der Waals surface area contributed by atoms with Crippen molar-refractivity contribution >= 4 is 0 Å². The van der Waals surface area contributed by atoms with Crippen molar-refractivity contribution in [3.8, 4) is 0 Å². The molecule has 2 aliphatic heterocycles. The number of hydrogen-bond acceptors (Lipinski definition) is 4. The van der Waals surface area contributed by atoms with Crippen molar-refractivity contribution in [1.29, 1.82) is 0 Å². The third-order valence-corrected chi connectivity index (χ3v) is 4.94. The fourth-order valence-corrected chi connectivity index (χ4v) is 3.63. The standard InChI is InChI=1S/C17H28N4/c1-2-16-13-21(12-9-19-16)17(14-20-10-3-4-11-20)15-5-7-18-8-6-15/h5-8,16-17,19H,2-4,9-14H2,1H3. The molecule has 3 rings (SSSR count). The summed E-state index contributed by atoms with van der Waals surface area (Å²) in [7, 11) is 0. The van der Waals surface area contributed by atoms with Gasteiger partial charge in [0.25, 0.3) is 0 Å². The molecule has 21 heavy (non-hydrogen) atoms. The summed E-state index contributed by atoms with van der Waals surface area (Å²) in [6, 6.07) is 5.55. The Labute approximate surface area is 128 Å². The maximum Gasteiger partial charge on any atom is 0.0477 e. The van der Waals surface area contributed by atoms with Crippen LogP contribution in [-0.4, -0.2) is 60.1 Å². The Morgan fingerprint density at radius 1 is 1.24 bits per heavy atom. The summed E-state index contributed by atoms with van der Waals surface area (Å²) in [6.07, 6.45) is 7.81. The molecular formula is C17H28N4. The minimum Gasteiger partial charge on any atom is -0.311 e. The van der Waals surface area contributed by atoms with Crippen molar-refractivity contribution in [3.63, 3.8) is 0 Å². The fourth-order valence-electron chi connectivity index (χ4n) is 3.63. The third kappa shape index (κ3) is 3.82. The van der Waals surface area contributed by atoms with Crippen molar-refractivity contribution in [3.05, 3.63) is 30.1 Å². The summed E-state index contributed by atoms with van der Waals surface area (Å²) < 4.78 is 0. The van der Waals surface area contributed by atoms with E-state index >= 15 is 0 Å². The van der Waals surface area contributed by atoms with E-state index in [0.29, 0.717) is 12.1 Å². The summed E-state index contributed by atoms with van der Waals surface area (Å²) in [4.78, 5) is 9.50. The molecule has 1 aromatic heterocycles. The number of nitrogens with one attached hydrogen (secondary N) is 1. The molecular weight excluding hydrogens is 260 g/mol. The molecule has 3 heterocycles. The highest BCUT2D eigenvalue weighted by atomic mass is 15.3. The molecule has 0 radical (unpaired) electrons. The van der Waals surface area contributed by atoms with Gasteiger partial charge in [-0.2, -0.15) is 0 Å². The second-order valence-electron chi connectivity index (χ2n) is 6.36. The van der Waals surface area contributed by atoms with Crippen LogP contribution in [0.3, 0.4) is 0 Å². The average Bonchev–Trinajstić information content (AvgIpc) is 3.07. The highest BCUT2D eigenvalue weighted by molar-refractivity contribution is 5.16. The summed E-state index contributed by atoms with van der Waals surface area (Å²) in [6.45, 7) is 9.41. The molecule has 2 unspecified atom stereocenters. The molecule has 116 valence electrons. The van der Waals surface area contributed by atoms with Crippen LogP contribution < -0.4 is 5.32 Å². The monoisotopic (exact) mass is 288 g/mol. The second-order valence-corrected chi connectivity index (χ2v) is 6.36. The first-order valence-corrected chi connectivity index (χ1v) is 8.46. The Bertz CT molecular complexity index is 416. The van der Waals surface area contributed by atoms with E-state index < -0.39 is 0 Å². The van der Waals surface area contributed by atoms with E-state index in [4.69, 9.17) is 0 Å². The van der Waals surface area contributed by atoms with Gasteiger partial charge in [-0.15, -0.1) is 0 Å². The summed E-state index contributed by atoms with van der Waals surface area (Å²) >= 11 is 0. The molecule has 4 heteroatoms. The van der Waals surface area contributed by atoms with Gasteiger partial charge < -0.3 is 10.2 Å². The lowest BCUT2D eigenvalue weighted by molar-refractivity contribution is 0.112. The van der Waals surface area contributed by atoms with E-state index in [1.807, 2.05) is 12.4 Å². The minimum absolute atomic E-state index is 0.516. The smallest absolute Gasteiger partial charge is 0.0477 e. The van der Waals surface area contributed by atoms with Crippen LogP contribution in [0.5, 0.6) is 0 Å². The maximum absolute atomic E-state index is 4.19. The number of likely N-dealkylation sites (tertiary alicyclic amines) is 1. The van der Waals surface area contributed by atoms with Crippen molar-refractivity contribution < 1.29 is 0 Å². The predicted octanol–water partition coefficient (Wildman–Crippen LogP) is 1.90. The Balaban J connectivity index is 1.74. The molecule has 4 nitrogen and oxygen atoms in total. The van der Waals surface area contributed by atoms with E-state index in [2.05, 4.69) is 39.2 Å². The summed E-state index contributed by atoms with van der Waals surface area (Å²) in [5.41, 5.74) is 1.42. The van der Waals surface area contributed by atoms with Crippen LogP contribution in [-0.2, 0) is 0 Å². The third-order valence-electron chi connectivity index (χ3n) is 4.94. The Hall–Kier alpha value is -0.970. The average molecular weight is 288 g/mol. The quantitative estimate of drug-likeness (QED) is 0.897.